The summed E-state index contributed by atoms with van der Waals surface area (Å²) in [6, 6.07) is 17.0. The van der Waals surface area contributed by atoms with Crippen molar-refractivity contribution >= 4 is 17.3 Å². The fourth-order valence-electron chi connectivity index (χ4n) is 2.35. The Balaban J connectivity index is 2.21. The third kappa shape index (κ3) is 4.01. The average Bonchev–Trinajstić information content (AvgIpc) is 2.48. The first kappa shape index (κ1) is 14.9. The first-order valence-corrected chi connectivity index (χ1v) is 7.66. The van der Waals surface area contributed by atoms with Crippen LogP contribution < -0.4 is 5.32 Å². The van der Waals surface area contributed by atoms with E-state index < -0.39 is 0 Å². The lowest BCUT2D eigenvalue weighted by molar-refractivity contribution is 0.634. The van der Waals surface area contributed by atoms with Gasteiger partial charge in [0.2, 0.25) is 0 Å². The minimum atomic E-state index is 0.341. The molecular formula is C18H22ClN. The van der Waals surface area contributed by atoms with Crippen molar-refractivity contribution < 1.29 is 0 Å². The lowest BCUT2D eigenvalue weighted by atomic mass is 10.0. The Bertz CT molecular complexity index is 536. The van der Waals surface area contributed by atoms with Crippen LogP contribution in [0, 0.1) is 6.92 Å². The van der Waals surface area contributed by atoms with E-state index in [4.69, 9.17) is 11.6 Å². The predicted octanol–water partition coefficient (Wildman–Crippen LogP) is 5.99. The van der Waals surface area contributed by atoms with Crippen molar-refractivity contribution in [1.29, 1.82) is 0 Å². The Labute approximate surface area is 127 Å². The molecule has 106 valence electrons. The van der Waals surface area contributed by atoms with Gasteiger partial charge in [0.25, 0.3) is 0 Å². The molecule has 2 heteroatoms. The topological polar surface area (TPSA) is 12.0 Å². The van der Waals surface area contributed by atoms with Crippen LogP contribution in [0.4, 0.5) is 5.69 Å². The van der Waals surface area contributed by atoms with Gasteiger partial charge in [0.15, 0.2) is 0 Å². The largest absolute Gasteiger partial charge is 0.378 e. The molecule has 0 aliphatic rings. The van der Waals surface area contributed by atoms with E-state index in [0.29, 0.717) is 6.04 Å². The van der Waals surface area contributed by atoms with Crippen molar-refractivity contribution in [2.24, 2.45) is 0 Å². The number of benzene rings is 2. The van der Waals surface area contributed by atoms with Crippen LogP contribution in [0.1, 0.15) is 43.4 Å². The van der Waals surface area contributed by atoms with Gasteiger partial charge in [0.05, 0.1) is 6.04 Å². The molecule has 0 bridgehead atoms. The predicted molar refractivity (Wildman–Crippen MR) is 88.5 cm³/mol. The molecule has 2 aromatic carbocycles. The van der Waals surface area contributed by atoms with Gasteiger partial charge >= 0.3 is 0 Å². The highest BCUT2D eigenvalue weighted by Gasteiger charge is 2.12. The van der Waals surface area contributed by atoms with Crippen LogP contribution in [-0.4, -0.2) is 0 Å². The minimum Gasteiger partial charge on any atom is -0.378 e. The van der Waals surface area contributed by atoms with E-state index in [0.717, 1.165) is 17.1 Å². The monoisotopic (exact) mass is 287 g/mol. The zero-order valence-electron chi connectivity index (χ0n) is 12.2. The molecule has 0 aromatic heterocycles. The molecule has 20 heavy (non-hydrogen) atoms. The first-order chi connectivity index (χ1) is 9.70. The zero-order valence-corrected chi connectivity index (χ0v) is 13.0. The van der Waals surface area contributed by atoms with Crippen molar-refractivity contribution in [3.05, 3.63) is 64.7 Å². The SMILES string of the molecule is CCCCC(Nc1cc(Cl)ccc1C)c1ccccc1. The number of halogens is 1. The normalized spacial score (nSPS) is 12.2. The molecule has 1 N–H and O–H groups in total. The molecule has 2 aromatic rings. The van der Waals surface area contributed by atoms with E-state index in [1.807, 2.05) is 12.1 Å². The highest BCUT2D eigenvalue weighted by molar-refractivity contribution is 6.30. The van der Waals surface area contributed by atoms with E-state index in [2.05, 4.69) is 55.6 Å². The Kier molecular flexibility index (Phi) is 5.49. The van der Waals surface area contributed by atoms with Crippen LogP contribution in [0.15, 0.2) is 48.5 Å². The molecule has 1 nitrogen and oxygen atoms in total. The van der Waals surface area contributed by atoms with E-state index in [-0.39, 0.29) is 0 Å². The molecule has 0 saturated carbocycles. The van der Waals surface area contributed by atoms with Crippen LogP contribution in [-0.2, 0) is 0 Å². The third-order valence-electron chi connectivity index (χ3n) is 3.58. The Morgan fingerprint density at radius 3 is 2.55 bits per heavy atom. The first-order valence-electron chi connectivity index (χ1n) is 7.28. The summed E-state index contributed by atoms with van der Waals surface area (Å²) in [6.07, 6.45) is 3.55. The van der Waals surface area contributed by atoms with Gasteiger partial charge in [-0.15, -0.1) is 0 Å². The smallest absolute Gasteiger partial charge is 0.0513 e. The molecule has 0 saturated heterocycles. The molecule has 0 radical (unpaired) electrons. The summed E-state index contributed by atoms with van der Waals surface area (Å²) in [5.41, 5.74) is 3.69. The number of anilines is 1. The van der Waals surface area contributed by atoms with Crippen molar-refractivity contribution in [3.63, 3.8) is 0 Å². The molecule has 0 amide bonds. The highest BCUT2D eigenvalue weighted by Crippen LogP contribution is 2.28. The maximum atomic E-state index is 6.11. The molecule has 0 spiro atoms. The number of hydrogen-bond acceptors (Lipinski definition) is 1. The summed E-state index contributed by atoms with van der Waals surface area (Å²) in [6.45, 7) is 4.34. The van der Waals surface area contributed by atoms with Crippen molar-refractivity contribution in [1.82, 2.24) is 0 Å². The summed E-state index contributed by atoms with van der Waals surface area (Å²) in [5, 5.41) is 4.43. The Morgan fingerprint density at radius 1 is 1.10 bits per heavy atom. The average molecular weight is 288 g/mol. The van der Waals surface area contributed by atoms with Gasteiger partial charge in [-0.3, -0.25) is 0 Å². The minimum absolute atomic E-state index is 0.341. The Morgan fingerprint density at radius 2 is 1.85 bits per heavy atom. The van der Waals surface area contributed by atoms with Gasteiger partial charge in [-0.25, -0.2) is 0 Å². The van der Waals surface area contributed by atoms with Gasteiger partial charge in [0.1, 0.15) is 0 Å². The summed E-state index contributed by atoms with van der Waals surface area (Å²) in [7, 11) is 0. The van der Waals surface area contributed by atoms with E-state index in [1.165, 1.54) is 24.0 Å². The lowest BCUT2D eigenvalue weighted by Crippen LogP contribution is -2.11. The van der Waals surface area contributed by atoms with E-state index >= 15 is 0 Å². The number of rotatable bonds is 6. The second-order valence-corrected chi connectivity index (χ2v) is 5.65. The molecular weight excluding hydrogens is 266 g/mol. The van der Waals surface area contributed by atoms with Gasteiger partial charge in [-0.1, -0.05) is 67.8 Å². The number of hydrogen-bond donors (Lipinski definition) is 1. The molecule has 0 fully saturated rings. The summed E-state index contributed by atoms with van der Waals surface area (Å²) < 4.78 is 0. The lowest BCUT2D eigenvalue weighted by Gasteiger charge is -2.22. The zero-order chi connectivity index (χ0) is 14.4. The van der Waals surface area contributed by atoms with Crippen molar-refractivity contribution in [2.45, 2.75) is 39.2 Å². The quantitative estimate of drug-likeness (QED) is 0.688. The van der Waals surface area contributed by atoms with Gasteiger partial charge in [-0.2, -0.15) is 0 Å². The van der Waals surface area contributed by atoms with Crippen LogP contribution >= 0.6 is 11.6 Å². The van der Waals surface area contributed by atoms with E-state index in [9.17, 15) is 0 Å². The molecule has 2 rings (SSSR count). The fraction of sp³-hybridized carbons (Fsp3) is 0.333. The summed E-state index contributed by atoms with van der Waals surface area (Å²) in [4.78, 5) is 0. The van der Waals surface area contributed by atoms with Crippen molar-refractivity contribution in [2.75, 3.05) is 5.32 Å². The number of unbranched alkanes of at least 4 members (excludes halogenated alkanes) is 1. The van der Waals surface area contributed by atoms with Gasteiger partial charge in [0, 0.05) is 10.7 Å². The van der Waals surface area contributed by atoms with Crippen LogP contribution in [0.3, 0.4) is 0 Å². The Hall–Kier alpha value is -1.47. The molecule has 0 aliphatic heterocycles. The number of nitrogens with one attached hydrogen (secondary N) is 1. The maximum absolute atomic E-state index is 6.11. The molecule has 0 aliphatic carbocycles. The van der Waals surface area contributed by atoms with E-state index in [1.54, 1.807) is 0 Å². The third-order valence-corrected chi connectivity index (χ3v) is 3.81. The highest BCUT2D eigenvalue weighted by atomic mass is 35.5. The maximum Gasteiger partial charge on any atom is 0.0513 e. The standard InChI is InChI=1S/C18H22ClN/c1-3-4-10-17(15-8-6-5-7-9-15)20-18-13-16(19)12-11-14(18)2/h5-9,11-13,17,20H,3-4,10H2,1-2H3. The summed E-state index contributed by atoms with van der Waals surface area (Å²) >= 11 is 6.11. The summed E-state index contributed by atoms with van der Waals surface area (Å²) in [5.74, 6) is 0. The second-order valence-electron chi connectivity index (χ2n) is 5.21. The van der Waals surface area contributed by atoms with Crippen LogP contribution in [0.2, 0.25) is 5.02 Å². The molecule has 1 atom stereocenters. The van der Waals surface area contributed by atoms with Crippen LogP contribution in [0.25, 0.3) is 0 Å². The second kappa shape index (κ2) is 7.35. The van der Waals surface area contributed by atoms with Gasteiger partial charge < -0.3 is 5.32 Å². The van der Waals surface area contributed by atoms with Crippen LogP contribution in [0.5, 0.6) is 0 Å². The fourth-order valence-corrected chi connectivity index (χ4v) is 2.53. The molecule has 1 unspecified atom stereocenters. The van der Waals surface area contributed by atoms with Crippen molar-refractivity contribution in [3.8, 4) is 0 Å². The number of aryl methyl sites for hydroxylation is 1. The van der Waals surface area contributed by atoms with Gasteiger partial charge in [-0.05, 0) is 36.6 Å². The molecule has 0 heterocycles.